The van der Waals surface area contributed by atoms with Crippen LogP contribution in [0.1, 0.15) is 24.1 Å². The average Bonchev–Trinajstić information content (AvgIpc) is 2.38. The standard InChI is InChI=1S/C14H20F3N3/c1-10(20-7-5-19(2)6-8-20)12-4-3-11(18)9-13(12)14(15,16)17/h3-4,9-10H,5-8,18H2,1-2H3. The Morgan fingerprint density at radius 1 is 1.15 bits per heavy atom. The van der Waals surface area contributed by atoms with Crippen LogP contribution in [-0.2, 0) is 6.18 Å². The molecule has 2 rings (SSSR count). The Kier molecular flexibility index (Phi) is 4.25. The molecule has 1 fully saturated rings. The fourth-order valence-corrected chi connectivity index (χ4v) is 2.59. The number of piperazine rings is 1. The summed E-state index contributed by atoms with van der Waals surface area (Å²) in [6.45, 7) is 5.13. The molecule has 0 aromatic heterocycles. The molecule has 1 heterocycles. The number of halogens is 3. The molecular formula is C14H20F3N3. The average molecular weight is 287 g/mol. The molecule has 0 saturated carbocycles. The summed E-state index contributed by atoms with van der Waals surface area (Å²) in [5, 5.41) is 0. The zero-order valence-corrected chi connectivity index (χ0v) is 11.7. The van der Waals surface area contributed by atoms with Gasteiger partial charge in [-0.3, -0.25) is 4.90 Å². The van der Waals surface area contributed by atoms with Crippen molar-refractivity contribution >= 4 is 5.69 Å². The number of nitrogens with zero attached hydrogens (tertiary/aromatic N) is 2. The van der Waals surface area contributed by atoms with Crippen molar-refractivity contribution in [3.8, 4) is 0 Å². The third-order valence-electron chi connectivity index (χ3n) is 3.92. The first kappa shape index (κ1) is 15.1. The van der Waals surface area contributed by atoms with Gasteiger partial charge in [-0.05, 0) is 31.7 Å². The van der Waals surface area contributed by atoms with Gasteiger partial charge in [0.15, 0.2) is 0 Å². The number of hydrogen-bond acceptors (Lipinski definition) is 3. The van der Waals surface area contributed by atoms with Gasteiger partial charge in [-0.25, -0.2) is 0 Å². The highest BCUT2D eigenvalue weighted by molar-refractivity contribution is 5.47. The lowest BCUT2D eigenvalue weighted by Gasteiger charge is -2.37. The molecule has 1 aliphatic rings. The van der Waals surface area contributed by atoms with E-state index in [4.69, 9.17) is 5.73 Å². The summed E-state index contributed by atoms with van der Waals surface area (Å²) in [7, 11) is 2.02. The summed E-state index contributed by atoms with van der Waals surface area (Å²) in [4.78, 5) is 4.26. The fraction of sp³-hybridized carbons (Fsp3) is 0.571. The van der Waals surface area contributed by atoms with E-state index in [1.54, 1.807) is 0 Å². The normalized spacial score (nSPS) is 20.1. The summed E-state index contributed by atoms with van der Waals surface area (Å²) in [5.74, 6) is 0. The molecule has 20 heavy (non-hydrogen) atoms. The maximum Gasteiger partial charge on any atom is 0.416 e. The van der Waals surface area contributed by atoms with Crippen molar-refractivity contribution in [1.29, 1.82) is 0 Å². The number of hydrogen-bond donors (Lipinski definition) is 1. The van der Waals surface area contributed by atoms with Crippen LogP contribution in [0.3, 0.4) is 0 Å². The van der Waals surface area contributed by atoms with Gasteiger partial charge < -0.3 is 10.6 Å². The molecule has 112 valence electrons. The topological polar surface area (TPSA) is 32.5 Å². The van der Waals surface area contributed by atoms with Crippen molar-refractivity contribution in [2.24, 2.45) is 0 Å². The van der Waals surface area contributed by atoms with Crippen molar-refractivity contribution in [1.82, 2.24) is 9.80 Å². The van der Waals surface area contributed by atoms with Crippen LogP contribution in [0.5, 0.6) is 0 Å². The molecule has 6 heteroatoms. The summed E-state index contributed by atoms with van der Waals surface area (Å²) in [6, 6.07) is 3.81. The Bertz CT molecular complexity index is 465. The van der Waals surface area contributed by atoms with Crippen LogP contribution in [-0.4, -0.2) is 43.0 Å². The van der Waals surface area contributed by atoms with Gasteiger partial charge in [-0.15, -0.1) is 0 Å². The van der Waals surface area contributed by atoms with E-state index in [0.717, 1.165) is 32.2 Å². The van der Waals surface area contributed by atoms with Crippen molar-refractivity contribution in [3.63, 3.8) is 0 Å². The van der Waals surface area contributed by atoms with Crippen LogP contribution in [0.4, 0.5) is 18.9 Å². The van der Waals surface area contributed by atoms with Gasteiger partial charge in [-0.2, -0.15) is 13.2 Å². The van der Waals surface area contributed by atoms with Crippen LogP contribution in [0.2, 0.25) is 0 Å². The maximum atomic E-state index is 13.1. The van der Waals surface area contributed by atoms with E-state index in [9.17, 15) is 13.2 Å². The second-order valence-electron chi connectivity index (χ2n) is 5.36. The number of benzene rings is 1. The molecule has 1 aromatic carbocycles. The molecule has 0 spiro atoms. The van der Waals surface area contributed by atoms with Crippen molar-refractivity contribution in [2.75, 3.05) is 39.0 Å². The van der Waals surface area contributed by atoms with Crippen molar-refractivity contribution in [2.45, 2.75) is 19.1 Å². The second-order valence-corrected chi connectivity index (χ2v) is 5.36. The lowest BCUT2D eigenvalue weighted by molar-refractivity contribution is -0.138. The minimum Gasteiger partial charge on any atom is -0.399 e. The Labute approximate surface area is 117 Å². The Morgan fingerprint density at radius 2 is 1.75 bits per heavy atom. The molecule has 0 bridgehead atoms. The molecular weight excluding hydrogens is 267 g/mol. The van der Waals surface area contributed by atoms with Gasteiger partial charge in [0.25, 0.3) is 0 Å². The second kappa shape index (κ2) is 5.61. The first-order chi connectivity index (χ1) is 9.29. The highest BCUT2D eigenvalue weighted by Crippen LogP contribution is 2.37. The molecule has 0 amide bonds. The fourth-order valence-electron chi connectivity index (χ4n) is 2.59. The smallest absolute Gasteiger partial charge is 0.399 e. The highest BCUT2D eigenvalue weighted by Gasteiger charge is 2.36. The zero-order valence-electron chi connectivity index (χ0n) is 11.7. The number of nitrogens with two attached hydrogens (primary N) is 1. The van der Waals surface area contributed by atoms with E-state index >= 15 is 0 Å². The minimum absolute atomic E-state index is 0.145. The first-order valence-electron chi connectivity index (χ1n) is 6.68. The Balaban J connectivity index is 2.27. The van der Waals surface area contributed by atoms with Gasteiger partial charge in [0.05, 0.1) is 5.56 Å². The summed E-state index contributed by atoms with van der Waals surface area (Å²) >= 11 is 0. The van der Waals surface area contributed by atoms with Crippen molar-refractivity contribution in [3.05, 3.63) is 29.3 Å². The molecule has 0 radical (unpaired) electrons. The van der Waals surface area contributed by atoms with Crippen LogP contribution in [0.25, 0.3) is 0 Å². The SMILES string of the molecule is CC(c1ccc(N)cc1C(F)(F)F)N1CCN(C)CC1. The molecule has 1 saturated heterocycles. The minimum atomic E-state index is -4.37. The van der Waals surface area contributed by atoms with Gasteiger partial charge in [0.2, 0.25) is 0 Å². The molecule has 1 atom stereocenters. The number of anilines is 1. The Morgan fingerprint density at radius 3 is 2.30 bits per heavy atom. The maximum absolute atomic E-state index is 13.1. The zero-order chi connectivity index (χ0) is 14.9. The van der Waals surface area contributed by atoms with E-state index in [0.29, 0.717) is 5.56 Å². The van der Waals surface area contributed by atoms with E-state index in [2.05, 4.69) is 9.80 Å². The molecule has 1 aromatic rings. The molecule has 0 aliphatic carbocycles. The summed E-state index contributed by atoms with van der Waals surface area (Å²) in [5.41, 5.74) is 5.33. The number of alkyl halides is 3. The van der Waals surface area contributed by atoms with Crippen LogP contribution in [0, 0.1) is 0 Å². The lowest BCUT2D eigenvalue weighted by atomic mass is 9.98. The monoisotopic (exact) mass is 287 g/mol. The van der Waals surface area contributed by atoms with E-state index in [1.165, 1.54) is 12.1 Å². The molecule has 3 nitrogen and oxygen atoms in total. The highest BCUT2D eigenvalue weighted by atomic mass is 19.4. The molecule has 1 aliphatic heterocycles. The number of likely N-dealkylation sites (N-methyl/N-ethyl adjacent to an activating group) is 1. The molecule has 1 unspecified atom stereocenters. The van der Waals surface area contributed by atoms with Crippen LogP contribution in [0.15, 0.2) is 18.2 Å². The quantitative estimate of drug-likeness (QED) is 0.849. The lowest BCUT2D eigenvalue weighted by Crippen LogP contribution is -2.45. The first-order valence-corrected chi connectivity index (χ1v) is 6.68. The van der Waals surface area contributed by atoms with Gasteiger partial charge in [-0.1, -0.05) is 6.07 Å². The van der Waals surface area contributed by atoms with E-state index in [1.807, 2.05) is 14.0 Å². The predicted molar refractivity (Wildman–Crippen MR) is 73.3 cm³/mol. The van der Waals surface area contributed by atoms with Crippen LogP contribution >= 0.6 is 0 Å². The largest absolute Gasteiger partial charge is 0.416 e. The predicted octanol–water partition coefficient (Wildman–Crippen LogP) is 2.60. The van der Waals surface area contributed by atoms with Gasteiger partial charge in [0.1, 0.15) is 0 Å². The van der Waals surface area contributed by atoms with Crippen molar-refractivity contribution < 1.29 is 13.2 Å². The van der Waals surface area contributed by atoms with E-state index < -0.39 is 11.7 Å². The summed E-state index contributed by atoms with van der Waals surface area (Å²) < 4.78 is 39.4. The van der Waals surface area contributed by atoms with E-state index in [-0.39, 0.29) is 11.7 Å². The van der Waals surface area contributed by atoms with Gasteiger partial charge >= 0.3 is 6.18 Å². The van der Waals surface area contributed by atoms with Crippen LogP contribution < -0.4 is 5.73 Å². The molecule has 2 N–H and O–H groups in total. The summed E-state index contributed by atoms with van der Waals surface area (Å²) in [6.07, 6.45) is -4.37. The number of rotatable bonds is 2. The number of nitrogen functional groups attached to an aromatic ring is 1. The van der Waals surface area contributed by atoms with Gasteiger partial charge in [0, 0.05) is 37.9 Å². The third kappa shape index (κ3) is 3.24. The Hall–Kier alpha value is -1.27. The third-order valence-corrected chi connectivity index (χ3v) is 3.92.